The lowest BCUT2D eigenvalue weighted by Gasteiger charge is -2.36. The van der Waals surface area contributed by atoms with E-state index in [9.17, 15) is 9.90 Å². The van der Waals surface area contributed by atoms with Crippen molar-refractivity contribution in [2.24, 2.45) is 5.41 Å². The first-order valence-corrected chi connectivity index (χ1v) is 7.85. The summed E-state index contributed by atoms with van der Waals surface area (Å²) in [5.74, 6) is -0.656. The van der Waals surface area contributed by atoms with Crippen LogP contribution in [0.15, 0.2) is 29.2 Å². The van der Waals surface area contributed by atoms with Gasteiger partial charge in [0.25, 0.3) is 0 Å². The SMILES string of the molecule is CSc1ccc(CN2CCC(C)(C(=O)O)CC2)cc1. The van der Waals surface area contributed by atoms with E-state index in [1.807, 2.05) is 6.92 Å². The second-order valence-corrected chi connectivity index (χ2v) is 6.37. The number of piperidine rings is 1. The highest BCUT2D eigenvalue weighted by molar-refractivity contribution is 7.98. The monoisotopic (exact) mass is 279 g/mol. The van der Waals surface area contributed by atoms with Crippen molar-refractivity contribution in [3.8, 4) is 0 Å². The number of hydrogen-bond acceptors (Lipinski definition) is 3. The molecule has 1 saturated heterocycles. The molecule has 0 amide bonds. The number of carboxylic acids is 1. The summed E-state index contributed by atoms with van der Waals surface area (Å²) in [4.78, 5) is 14.8. The number of aliphatic carboxylic acids is 1. The van der Waals surface area contributed by atoms with Gasteiger partial charge in [0.2, 0.25) is 0 Å². The van der Waals surface area contributed by atoms with Gasteiger partial charge in [0.1, 0.15) is 0 Å². The number of carbonyl (C=O) groups is 1. The Bertz CT molecular complexity index is 436. The highest BCUT2D eigenvalue weighted by Gasteiger charge is 2.36. The summed E-state index contributed by atoms with van der Waals surface area (Å²) in [6.45, 7) is 4.52. The fourth-order valence-corrected chi connectivity index (χ4v) is 2.82. The van der Waals surface area contributed by atoms with Gasteiger partial charge in [-0.15, -0.1) is 11.8 Å². The van der Waals surface area contributed by atoms with Gasteiger partial charge in [-0.25, -0.2) is 0 Å². The van der Waals surface area contributed by atoms with Crippen LogP contribution in [0.25, 0.3) is 0 Å². The first-order valence-electron chi connectivity index (χ1n) is 6.62. The Morgan fingerprint density at radius 2 is 1.89 bits per heavy atom. The van der Waals surface area contributed by atoms with Crippen LogP contribution in [0.4, 0.5) is 0 Å². The molecule has 0 bridgehead atoms. The number of hydrogen-bond donors (Lipinski definition) is 1. The van der Waals surface area contributed by atoms with Crippen molar-refractivity contribution in [3.05, 3.63) is 29.8 Å². The molecule has 1 N–H and O–H groups in total. The second kappa shape index (κ2) is 5.97. The molecule has 0 atom stereocenters. The molecular formula is C15H21NO2S. The van der Waals surface area contributed by atoms with Crippen LogP contribution < -0.4 is 0 Å². The van der Waals surface area contributed by atoms with E-state index in [4.69, 9.17) is 0 Å². The molecule has 4 heteroatoms. The van der Waals surface area contributed by atoms with Gasteiger partial charge in [0, 0.05) is 11.4 Å². The molecule has 1 fully saturated rings. The van der Waals surface area contributed by atoms with E-state index in [0.717, 1.165) is 32.5 Å². The van der Waals surface area contributed by atoms with Crippen molar-refractivity contribution in [1.29, 1.82) is 0 Å². The van der Waals surface area contributed by atoms with E-state index in [0.29, 0.717) is 0 Å². The van der Waals surface area contributed by atoms with E-state index < -0.39 is 11.4 Å². The third-order valence-corrected chi connectivity index (χ3v) is 4.78. The van der Waals surface area contributed by atoms with Gasteiger partial charge < -0.3 is 5.11 Å². The first kappa shape index (κ1) is 14.4. The highest BCUT2D eigenvalue weighted by atomic mass is 32.2. The largest absolute Gasteiger partial charge is 0.481 e. The summed E-state index contributed by atoms with van der Waals surface area (Å²) in [7, 11) is 0. The van der Waals surface area contributed by atoms with Crippen molar-refractivity contribution >= 4 is 17.7 Å². The van der Waals surface area contributed by atoms with E-state index in [1.54, 1.807) is 11.8 Å². The summed E-state index contributed by atoms with van der Waals surface area (Å²) < 4.78 is 0. The molecule has 1 aliphatic heterocycles. The van der Waals surface area contributed by atoms with Gasteiger partial charge in [-0.3, -0.25) is 9.69 Å². The zero-order valence-electron chi connectivity index (χ0n) is 11.6. The summed E-state index contributed by atoms with van der Waals surface area (Å²) in [6.07, 6.45) is 3.56. The third-order valence-electron chi connectivity index (χ3n) is 4.04. The van der Waals surface area contributed by atoms with E-state index >= 15 is 0 Å². The molecule has 0 radical (unpaired) electrons. The van der Waals surface area contributed by atoms with E-state index in [-0.39, 0.29) is 0 Å². The normalized spacial score (nSPS) is 19.3. The Morgan fingerprint density at radius 1 is 1.32 bits per heavy atom. The molecule has 0 spiro atoms. The van der Waals surface area contributed by atoms with Crippen LogP contribution in [0.1, 0.15) is 25.3 Å². The van der Waals surface area contributed by atoms with Crippen LogP contribution in [-0.4, -0.2) is 35.3 Å². The van der Waals surface area contributed by atoms with Crippen LogP contribution in [0, 0.1) is 5.41 Å². The second-order valence-electron chi connectivity index (χ2n) is 5.49. The minimum atomic E-state index is -0.656. The summed E-state index contributed by atoms with van der Waals surface area (Å²) in [6, 6.07) is 8.62. The summed E-state index contributed by atoms with van der Waals surface area (Å²) in [5, 5.41) is 9.21. The highest BCUT2D eigenvalue weighted by Crippen LogP contribution is 2.31. The van der Waals surface area contributed by atoms with Crippen LogP contribution in [0.5, 0.6) is 0 Å². The smallest absolute Gasteiger partial charge is 0.309 e. The predicted molar refractivity (Wildman–Crippen MR) is 78.5 cm³/mol. The minimum Gasteiger partial charge on any atom is -0.481 e. The molecule has 104 valence electrons. The number of carboxylic acid groups (broad SMARTS) is 1. The van der Waals surface area contributed by atoms with Gasteiger partial charge in [-0.05, 0) is 56.8 Å². The Balaban J connectivity index is 1.90. The van der Waals surface area contributed by atoms with Gasteiger partial charge in [0.15, 0.2) is 0 Å². The zero-order valence-corrected chi connectivity index (χ0v) is 12.4. The fraction of sp³-hybridized carbons (Fsp3) is 0.533. The van der Waals surface area contributed by atoms with Crippen LogP contribution in [-0.2, 0) is 11.3 Å². The maximum Gasteiger partial charge on any atom is 0.309 e. The van der Waals surface area contributed by atoms with Crippen molar-refractivity contribution in [3.63, 3.8) is 0 Å². The Morgan fingerprint density at radius 3 is 2.37 bits per heavy atom. The predicted octanol–water partition coefficient (Wildman–Crippen LogP) is 3.10. The van der Waals surface area contributed by atoms with Gasteiger partial charge >= 0.3 is 5.97 Å². The number of likely N-dealkylation sites (tertiary alicyclic amines) is 1. The number of thioether (sulfide) groups is 1. The molecule has 0 aliphatic carbocycles. The first-order chi connectivity index (χ1) is 9.03. The van der Waals surface area contributed by atoms with Crippen molar-refractivity contribution < 1.29 is 9.90 Å². The standard InChI is InChI=1S/C15H21NO2S/c1-15(14(17)18)7-9-16(10-8-15)11-12-3-5-13(19-2)6-4-12/h3-6H,7-11H2,1-2H3,(H,17,18). The van der Waals surface area contributed by atoms with Crippen LogP contribution >= 0.6 is 11.8 Å². The van der Waals surface area contributed by atoms with Crippen molar-refractivity contribution in [2.75, 3.05) is 19.3 Å². The molecule has 1 aliphatic rings. The Hall–Kier alpha value is -1.00. The molecule has 0 aromatic heterocycles. The molecular weight excluding hydrogens is 258 g/mol. The lowest BCUT2D eigenvalue weighted by atomic mass is 9.80. The van der Waals surface area contributed by atoms with Gasteiger partial charge in [-0.2, -0.15) is 0 Å². The molecule has 2 rings (SSSR count). The maximum absolute atomic E-state index is 11.2. The molecule has 1 aromatic rings. The average Bonchev–Trinajstić information content (AvgIpc) is 2.42. The Kier molecular flexibility index (Phi) is 4.53. The van der Waals surface area contributed by atoms with Crippen molar-refractivity contribution in [1.82, 2.24) is 4.90 Å². The lowest BCUT2D eigenvalue weighted by molar-refractivity contribution is -0.150. The lowest BCUT2D eigenvalue weighted by Crippen LogP contribution is -2.42. The van der Waals surface area contributed by atoms with Crippen molar-refractivity contribution in [2.45, 2.75) is 31.2 Å². The number of rotatable bonds is 4. The van der Waals surface area contributed by atoms with E-state index in [1.165, 1.54) is 10.5 Å². The number of benzene rings is 1. The molecule has 1 heterocycles. The molecule has 0 saturated carbocycles. The molecule has 3 nitrogen and oxygen atoms in total. The molecule has 1 aromatic carbocycles. The van der Waals surface area contributed by atoms with Gasteiger partial charge in [-0.1, -0.05) is 12.1 Å². The van der Waals surface area contributed by atoms with E-state index in [2.05, 4.69) is 35.4 Å². The Labute approximate surface area is 119 Å². The quantitative estimate of drug-likeness (QED) is 0.860. The van der Waals surface area contributed by atoms with Crippen LogP contribution in [0.2, 0.25) is 0 Å². The number of nitrogens with zero attached hydrogens (tertiary/aromatic N) is 1. The maximum atomic E-state index is 11.2. The fourth-order valence-electron chi connectivity index (χ4n) is 2.41. The van der Waals surface area contributed by atoms with Crippen LogP contribution in [0.3, 0.4) is 0 Å². The molecule has 0 unspecified atom stereocenters. The molecule has 19 heavy (non-hydrogen) atoms. The average molecular weight is 279 g/mol. The minimum absolute atomic E-state index is 0.529. The summed E-state index contributed by atoms with van der Waals surface area (Å²) in [5.41, 5.74) is 0.774. The zero-order chi connectivity index (χ0) is 13.9. The third kappa shape index (κ3) is 3.51. The topological polar surface area (TPSA) is 40.5 Å². The van der Waals surface area contributed by atoms with Gasteiger partial charge in [0.05, 0.1) is 5.41 Å². The summed E-state index contributed by atoms with van der Waals surface area (Å²) >= 11 is 1.75.